The van der Waals surface area contributed by atoms with Crippen LogP contribution in [-0.2, 0) is 14.6 Å². The van der Waals surface area contributed by atoms with Gasteiger partial charge in [-0.1, -0.05) is 48.3 Å². The SMILES string of the molecule is CCCC(=O)Nc1c(Cl)cc(Cl)cc1C(=O)NCCS(=O)(=O)c1ccccc1. The molecule has 0 heterocycles. The van der Waals surface area contributed by atoms with Crippen LogP contribution in [0, 0.1) is 0 Å². The smallest absolute Gasteiger partial charge is 0.253 e. The maximum Gasteiger partial charge on any atom is 0.253 e. The molecular weight excluding hydrogens is 423 g/mol. The summed E-state index contributed by atoms with van der Waals surface area (Å²) in [4.78, 5) is 24.7. The molecule has 0 saturated heterocycles. The summed E-state index contributed by atoms with van der Waals surface area (Å²) < 4.78 is 24.6. The molecule has 2 aromatic carbocycles. The molecule has 0 bridgehead atoms. The molecule has 0 atom stereocenters. The van der Waals surface area contributed by atoms with E-state index >= 15 is 0 Å². The molecule has 0 fully saturated rings. The van der Waals surface area contributed by atoms with E-state index in [1.807, 2.05) is 6.92 Å². The van der Waals surface area contributed by atoms with E-state index in [0.717, 1.165) is 0 Å². The summed E-state index contributed by atoms with van der Waals surface area (Å²) in [6.07, 6.45) is 0.908. The number of hydrogen-bond donors (Lipinski definition) is 2. The second-order valence-corrected chi connectivity index (χ2v) is 8.95. The monoisotopic (exact) mass is 442 g/mol. The molecule has 0 aliphatic rings. The van der Waals surface area contributed by atoms with Gasteiger partial charge in [0.05, 0.1) is 26.9 Å². The van der Waals surface area contributed by atoms with Gasteiger partial charge in [0.1, 0.15) is 0 Å². The van der Waals surface area contributed by atoms with Crippen molar-refractivity contribution in [2.24, 2.45) is 0 Å². The predicted molar refractivity (Wildman–Crippen MR) is 111 cm³/mol. The number of sulfone groups is 1. The van der Waals surface area contributed by atoms with E-state index in [-0.39, 0.29) is 50.8 Å². The Balaban J connectivity index is 2.12. The van der Waals surface area contributed by atoms with Crippen molar-refractivity contribution in [1.29, 1.82) is 0 Å². The van der Waals surface area contributed by atoms with Gasteiger partial charge in [0.25, 0.3) is 5.91 Å². The fourth-order valence-corrected chi connectivity index (χ4v) is 4.17. The van der Waals surface area contributed by atoms with Crippen LogP contribution in [0.3, 0.4) is 0 Å². The molecule has 2 amide bonds. The van der Waals surface area contributed by atoms with Crippen LogP contribution in [0.2, 0.25) is 10.0 Å². The van der Waals surface area contributed by atoms with Crippen molar-refractivity contribution < 1.29 is 18.0 Å². The molecule has 0 aromatic heterocycles. The molecule has 0 spiro atoms. The largest absolute Gasteiger partial charge is 0.351 e. The average Bonchev–Trinajstić information content (AvgIpc) is 2.64. The van der Waals surface area contributed by atoms with E-state index in [1.165, 1.54) is 24.3 Å². The van der Waals surface area contributed by atoms with Crippen molar-refractivity contribution in [3.05, 3.63) is 58.1 Å². The topological polar surface area (TPSA) is 92.3 Å². The zero-order chi connectivity index (χ0) is 20.7. The third-order valence-electron chi connectivity index (χ3n) is 3.80. The Bertz CT molecular complexity index is 963. The lowest BCUT2D eigenvalue weighted by atomic mass is 10.1. The maximum absolute atomic E-state index is 12.6. The fourth-order valence-electron chi connectivity index (χ4n) is 2.45. The molecule has 2 N–H and O–H groups in total. The lowest BCUT2D eigenvalue weighted by molar-refractivity contribution is -0.116. The maximum atomic E-state index is 12.6. The molecule has 6 nitrogen and oxygen atoms in total. The van der Waals surface area contributed by atoms with Gasteiger partial charge in [-0.15, -0.1) is 0 Å². The van der Waals surface area contributed by atoms with Crippen molar-refractivity contribution in [1.82, 2.24) is 5.32 Å². The van der Waals surface area contributed by atoms with Gasteiger partial charge < -0.3 is 10.6 Å². The molecule has 0 aliphatic heterocycles. The van der Waals surface area contributed by atoms with E-state index < -0.39 is 15.7 Å². The summed E-state index contributed by atoms with van der Waals surface area (Å²) in [5.74, 6) is -1.14. The summed E-state index contributed by atoms with van der Waals surface area (Å²) in [7, 11) is -3.53. The summed E-state index contributed by atoms with van der Waals surface area (Å²) in [5, 5.41) is 5.50. The number of carbonyl (C=O) groups is 2. The van der Waals surface area contributed by atoms with Crippen molar-refractivity contribution in [2.75, 3.05) is 17.6 Å². The first-order valence-electron chi connectivity index (χ1n) is 8.59. The van der Waals surface area contributed by atoms with Gasteiger partial charge in [-0.2, -0.15) is 0 Å². The molecule has 2 aromatic rings. The summed E-state index contributed by atoms with van der Waals surface area (Å²) in [5.41, 5.74) is 0.215. The quantitative estimate of drug-likeness (QED) is 0.647. The normalized spacial score (nSPS) is 11.1. The zero-order valence-electron chi connectivity index (χ0n) is 15.2. The third kappa shape index (κ3) is 5.95. The number of hydrogen-bond acceptors (Lipinski definition) is 4. The first-order chi connectivity index (χ1) is 13.2. The predicted octanol–water partition coefficient (Wildman–Crippen LogP) is 3.94. The molecule has 0 radical (unpaired) electrons. The lowest BCUT2D eigenvalue weighted by Gasteiger charge is -2.14. The third-order valence-corrected chi connectivity index (χ3v) is 6.05. The van der Waals surface area contributed by atoms with Gasteiger partial charge in [0.15, 0.2) is 9.84 Å². The van der Waals surface area contributed by atoms with Crippen molar-refractivity contribution in [3.8, 4) is 0 Å². The van der Waals surface area contributed by atoms with Crippen LogP contribution < -0.4 is 10.6 Å². The molecule has 28 heavy (non-hydrogen) atoms. The summed E-state index contributed by atoms with van der Waals surface area (Å²) in [6, 6.07) is 10.8. The standard InChI is InChI=1S/C19H20Cl2N2O4S/c1-2-6-17(24)23-18-15(11-13(20)12-16(18)21)19(25)22-9-10-28(26,27)14-7-4-3-5-8-14/h3-5,7-8,11-12H,2,6,9-10H2,1H3,(H,22,25)(H,23,24). The highest BCUT2D eigenvalue weighted by Gasteiger charge is 2.19. The molecule has 150 valence electrons. The second kappa shape index (κ2) is 9.91. The average molecular weight is 443 g/mol. The lowest BCUT2D eigenvalue weighted by Crippen LogP contribution is -2.30. The number of benzene rings is 2. The molecule has 9 heteroatoms. The Hall–Kier alpha value is -2.09. The van der Waals surface area contributed by atoms with Gasteiger partial charge in [0.2, 0.25) is 5.91 Å². The van der Waals surface area contributed by atoms with Crippen LogP contribution in [-0.4, -0.2) is 32.5 Å². The van der Waals surface area contributed by atoms with E-state index in [2.05, 4.69) is 10.6 Å². The number of anilines is 1. The highest BCUT2D eigenvalue weighted by Crippen LogP contribution is 2.30. The summed E-state index contributed by atoms with van der Waals surface area (Å²) in [6.45, 7) is 1.74. The van der Waals surface area contributed by atoms with Gasteiger partial charge >= 0.3 is 0 Å². The Morgan fingerprint density at radius 3 is 2.39 bits per heavy atom. The minimum Gasteiger partial charge on any atom is -0.351 e. The minimum atomic E-state index is -3.53. The number of rotatable bonds is 8. The van der Waals surface area contributed by atoms with Crippen LogP contribution in [0.15, 0.2) is 47.4 Å². The van der Waals surface area contributed by atoms with Crippen LogP contribution in [0.4, 0.5) is 5.69 Å². The Morgan fingerprint density at radius 2 is 1.75 bits per heavy atom. The van der Waals surface area contributed by atoms with Crippen LogP contribution >= 0.6 is 23.2 Å². The summed E-state index contributed by atoms with van der Waals surface area (Å²) >= 11 is 12.1. The van der Waals surface area contributed by atoms with E-state index in [4.69, 9.17) is 23.2 Å². The molecular formula is C19H20Cl2N2O4S. The number of halogens is 2. The van der Waals surface area contributed by atoms with Crippen molar-refractivity contribution in [2.45, 2.75) is 24.7 Å². The molecule has 0 aliphatic carbocycles. The van der Waals surface area contributed by atoms with Gasteiger partial charge in [-0.05, 0) is 30.7 Å². The Kier molecular flexibility index (Phi) is 7.86. The van der Waals surface area contributed by atoms with E-state index in [0.29, 0.717) is 6.42 Å². The number of carbonyl (C=O) groups excluding carboxylic acids is 2. The second-order valence-electron chi connectivity index (χ2n) is 6.00. The number of nitrogens with one attached hydrogen (secondary N) is 2. The van der Waals surface area contributed by atoms with Crippen LogP contribution in [0.25, 0.3) is 0 Å². The minimum absolute atomic E-state index is 0.0686. The van der Waals surface area contributed by atoms with Crippen LogP contribution in [0.1, 0.15) is 30.1 Å². The Morgan fingerprint density at radius 1 is 1.07 bits per heavy atom. The molecule has 0 saturated carbocycles. The van der Waals surface area contributed by atoms with Gasteiger partial charge in [-0.25, -0.2) is 8.42 Å². The number of amides is 2. The highest BCUT2D eigenvalue weighted by molar-refractivity contribution is 7.91. The highest BCUT2D eigenvalue weighted by atomic mass is 35.5. The molecule has 2 rings (SSSR count). The first-order valence-corrected chi connectivity index (χ1v) is 11.0. The first kappa shape index (κ1) is 22.2. The zero-order valence-corrected chi connectivity index (χ0v) is 17.5. The van der Waals surface area contributed by atoms with E-state index in [1.54, 1.807) is 18.2 Å². The van der Waals surface area contributed by atoms with Crippen molar-refractivity contribution >= 4 is 50.5 Å². The van der Waals surface area contributed by atoms with Crippen molar-refractivity contribution in [3.63, 3.8) is 0 Å². The fraction of sp³-hybridized carbons (Fsp3) is 0.263. The van der Waals surface area contributed by atoms with Crippen LogP contribution in [0.5, 0.6) is 0 Å². The Labute approximate surface area is 174 Å². The van der Waals surface area contributed by atoms with Gasteiger partial charge in [0, 0.05) is 18.0 Å². The van der Waals surface area contributed by atoms with E-state index in [9.17, 15) is 18.0 Å². The van der Waals surface area contributed by atoms with Gasteiger partial charge in [-0.3, -0.25) is 9.59 Å². The molecule has 0 unspecified atom stereocenters.